The summed E-state index contributed by atoms with van der Waals surface area (Å²) in [5.74, 6) is -0.437. The Bertz CT molecular complexity index is 444. The second kappa shape index (κ2) is 5.25. The number of piperidine rings is 1. The molecule has 1 amide bonds. The van der Waals surface area contributed by atoms with Crippen LogP contribution in [0.3, 0.4) is 0 Å². The van der Waals surface area contributed by atoms with E-state index < -0.39 is 5.97 Å². The van der Waals surface area contributed by atoms with Crippen LogP contribution in [0.4, 0.5) is 0 Å². The Morgan fingerprint density at radius 1 is 1.44 bits per heavy atom. The van der Waals surface area contributed by atoms with E-state index in [9.17, 15) is 9.59 Å². The molecule has 0 aliphatic carbocycles. The number of carboxylic acid groups (broad SMARTS) is 1. The first kappa shape index (κ1) is 12.7. The molecular formula is C13H17NO4. The van der Waals surface area contributed by atoms with E-state index in [1.54, 1.807) is 11.0 Å². The lowest BCUT2D eigenvalue weighted by Crippen LogP contribution is -2.40. The van der Waals surface area contributed by atoms with Gasteiger partial charge in [-0.3, -0.25) is 9.59 Å². The molecule has 18 heavy (non-hydrogen) atoms. The van der Waals surface area contributed by atoms with Crippen molar-refractivity contribution in [2.75, 3.05) is 13.1 Å². The molecule has 5 heteroatoms. The van der Waals surface area contributed by atoms with E-state index in [2.05, 4.69) is 0 Å². The Kier molecular flexibility index (Phi) is 3.69. The van der Waals surface area contributed by atoms with Crippen LogP contribution in [-0.2, 0) is 11.2 Å². The van der Waals surface area contributed by atoms with E-state index in [0.29, 0.717) is 43.7 Å². The second-order valence-corrected chi connectivity index (χ2v) is 4.52. The normalized spacial score (nSPS) is 16.8. The molecule has 0 bridgehead atoms. The Balaban J connectivity index is 2.02. The van der Waals surface area contributed by atoms with Crippen LogP contribution < -0.4 is 0 Å². The largest absolute Gasteiger partial charge is 0.481 e. The third-order valence-corrected chi connectivity index (χ3v) is 3.43. The fraction of sp³-hybridized carbons (Fsp3) is 0.538. The molecule has 98 valence electrons. The van der Waals surface area contributed by atoms with Crippen molar-refractivity contribution in [3.05, 3.63) is 23.7 Å². The summed E-state index contributed by atoms with van der Waals surface area (Å²) >= 11 is 0. The van der Waals surface area contributed by atoms with Gasteiger partial charge >= 0.3 is 5.97 Å². The van der Waals surface area contributed by atoms with E-state index >= 15 is 0 Å². The van der Waals surface area contributed by atoms with Crippen molar-refractivity contribution in [3.8, 4) is 0 Å². The van der Waals surface area contributed by atoms with Gasteiger partial charge in [0, 0.05) is 19.5 Å². The minimum atomic E-state index is -0.764. The first-order chi connectivity index (χ1) is 8.63. The van der Waals surface area contributed by atoms with Gasteiger partial charge in [0.05, 0.1) is 17.7 Å². The van der Waals surface area contributed by atoms with Crippen LogP contribution in [0.15, 0.2) is 16.7 Å². The van der Waals surface area contributed by atoms with Crippen LogP contribution in [0, 0.1) is 5.92 Å². The van der Waals surface area contributed by atoms with Crippen molar-refractivity contribution in [1.82, 2.24) is 4.90 Å². The van der Waals surface area contributed by atoms with Gasteiger partial charge in [0.1, 0.15) is 5.76 Å². The minimum Gasteiger partial charge on any atom is -0.481 e. The number of aliphatic carboxylic acids is 1. The number of carbonyl (C=O) groups is 2. The zero-order chi connectivity index (χ0) is 13.1. The number of rotatable bonds is 3. The number of likely N-dealkylation sites (tertiary alicyclic amines) is 1. The fourth-order valence-corrected chi connectivity index (χ4v) is 2.30. The van der Waals surface area contributed by atoms with Crippen LogP contribution in [0.2, 0.25) is 0 Å². The summed E-state index contributed by atoms with van der Waals surface area (Å²) in [6.45, 7) is 2.94. The first-order valence-corrected chi connectivity index (χ1v) is 6.22. The van der Waals surface area contributed by atoms with Crippen molar-refractivity contribution in [2.45, 2.75) is 26.2 Å². The first-order valence-electron chi connectivity index (χ1n) is 6.22. The van der Waals surface area contributed by atoms with Gasteiger partial charge in [0.15, 0.2) is 0 Å². The summed E-state index contributed by atoms with van der Waals surface area (Å²) in [4.78, 5) is 24.8. The molecule has 0 aromatic carbocycles. The number of hydrogen-bond acceptors (Lipinski definition) is 3. The average molecular weight is 251 g/mol. The van der Waals surface area contributed by atoms with Gasteiger partial charge in [-0.15, -0.1) is 0 Å². The molecule has 0 saturated carbocycles. The predicted octanol–water partition coefficient (Wildman–Crippen LogP) is 1.78. The zero-order valence-corrected chi connectivity index (χ0v) is 10.4. The minimum absolute atomic E-state index is 0.0514. The van der Waals surface area contributed by atoms with Gasteiger partial charge in [-0.2, -0.15) is 0 Å². The third-order valence-electron chi connectivity index (χ3n) is 3.43. The average Bonchev–Trinajstić information content (AvgIpc) is 2.86. The molecule has 5 nitrogen and oxygen atoms in total. The van der Waals surface area contributed by atoms with Crippen molar-refractivity contribution >= 4 is 11.9 Å². The number of hydrogen-bond donors (Lipinski definition) is 1. The van der Waals surface area contributed by atoms with E-state index in [0.717, 1.165) is 0 Å². The number of nitrogens with zero attached hydrogens (tertiary/aromatic N) is 1. The van der Waals surface area contributed by atoms with Crippen LogP contribution in [0.5, 0.6) is 0 Å². The summed E-state index contributed by atoms with van der Waals surface area (Å²) < 4.78 is 5.24. The quantitative estimate of drug-likeness (QED) is 0.888. The van der Waals surface area contributed by atoms with E-state index in [1.807, 2.05) is 6.92 Å². The molecule has 1 aromatic heterocycles. The summed E-state index contributed by atoms with van der Waals surface area (Å²) in [7, 11) is 0. The molecule has 1 fully saturated rings. The third kappa shape index (κ3) is 2.39. The van der Waals surface area contributed by atoms with Crippen LogP contribution in [0.1, 0.15) is 35.9 Å². The summed E-state index contributed by atoms with van der Waals surface area (Å²) in [6, 6.07) is 1.68. The smallest absolute Gasteiger partial charge is 0.306 e. The number of amides is 1. The SMILES string of the molecule is CCc1occc1C(=O)N1CCC(C(=O)O)CC1. The number of carbonyl (C=O) groups excluding carboxylic acids is 1. The van der Waals surface area contributed by atoms with Gasteiger partial charge < -0.3 is 14.4 Å². The summed E-state index contributed by atoms with van der Waals surface area (Å²) in [6.07, 6.45) is 3.26. The van der Waals surface area contributed by atoms with Gasteiger partial charge in [-0.25, -0.2) is 0 Å². The molecule has 1 saturated heterocycles. The lowest BCUT2D eigenvalue weighted by molar-refractivity contribution is -0.143. The van der Waals surface area contributed by atoms with Crippen LogP contribution in [-0.4, -0.2) is 35.0 Å². The molecule has 0 spiro atoms. The lowest BCUT2D eigenvalue weighted by Gasteiger charge is -2.30. The lowest BCUT2D eigenvalue weighted by atomic mass is 9.96. The zero-order valence-electron chi connectivity index (χ0n) is 10.4. The molecular weight excluding hydrogens is 234 g/mol. The molecule has 2 heterocycles. The van der Waals surface area contributed by atoms with Crippen molar-refractivity contribution in [2.24, 2.45) is 5.92 Å². The summed E-state index contributed by atoms with van der Waals surface area (Å²) in [5.41, 5.74) is 0.603. The monoisotopic (exact) mass is 251 g/mol. The number of carboxylic acids is 1. The van der Waals surface area contributed by atoms with Gasteiger partial charge in [0.25, 0.3) is 5.91 Å². The number of aryl methyl sites for hydroxylation is 1. The molecule has 1 aliphatic heterocycles. The maximum Gasteiger partial charge on any atom is 0.306 e. The van der Waals surface area contributed by atoms with E-state index in [4.69, 9.17) is 9.52 Å². The van der Waals surface area contributed by atoms with E-state index in [1.165, 1.54) is 6.26 Å². The molecule has 0 unspecified atom stereocenters. The molecule has 1 aliphatic rings. The molecule has 0 atom stereocenters. The highest BCUT2D eigenvalue weighted by Crippen LogP contribution is 2.21. The van der Waals surface area contributed by atoms with Gasteiger partial charge in [-0.1, -0.05) is 6.92 Å². The fourth-order valence-electron chi connectivity index (χ4n) is 2.30. The van der Waals surface area contributed by atoms with Crippen molar-refractivity contribution < 1.29 is 19.1 Å². The molecule has 0 radical (unpaired) electrons. The maximum absolute atomic E-state index is 12.2. The molecule has 1 aromatic rings. The molecule has 2 rings (SSSR count). The topological polar surface area (TPSA) is 70.8 Å². The van der Waals surface area contributed by atoms with Crippen molar-refractivity contribution in [1.29, 1.82) is 0 Å². The standard InChI is InChI=1S/C13H17NO4/c1-2-11-10(5-8-18-11)12(15)14-6-3-9(4-7-14)13(16)17/h5,8-9H,2-4,6-7H2,1H3,(H,16,17). The Labute approximate surface area is 105 Å². The maximum atomic E-state index is 12.2. The van der Waals surface area contributed by atoms with Crippen LogP contribution in [0.25, 0.3) is 0 Å². The Morgan fingerprint density at radius 3 is 2.67 bits per heavy atom. The van der Waals surface area contributed by atoms with Crippen molar-refractivity contribution in [3.63, 3.8) is 0 Å². The highest BCUT2D eigenvalue weighted by Gasteiger charge is 2.28. The van der Waals surface area contributed by atoms with Gasteiger partial charge in [0.2, 0.25) is 0 Å². The highest BCUT2D eigenvalue weighted by molar-refractivity contribution is 5.95. The summed E-state index contributed by atoms with van der Waals surface area (Å²) in [5, 5.41) is 8.91. The van der Waals surface area contributed by atoms with E-state index in [-0.39, 0.29) is 11.8 Å². The van der Waals surface area contributed by atoms with Gasteiger partial charge in [-0.05, 0) is 18.9 Å². The number of furan rings is 1. The van der Waals surface area contributed by atoms with Crippen LogP contribution >= 0.6 is 0 Å². The highest BCUT2D eigenvalue weighted by atomic mass is 16.4. The second-order valence-electron chi connectivity index (χ2n) is 4.52. The Morgan fingerprint density at radius 2 is 2.11 bits per heavy atom. The molecule has 1 N–H and O–H groups in total. The predicted molar refractivity (Wildman–Crippen MR) is 64.3 cm³/mol. The Hall–Kier alpha value is -1.78.